The molecular weight excluding hydrogens is 333 g/mol. The molecule has 0 saturated heterocycles. The van der Waals surface area contributed by atoms with Gasteiger partial charge in [0.25, 0.3) is 5.91 Å². The van der Waals surface area contributed by atoms with Crippen molar-refractivity contribution in [1.82, 2.24) is 5.32 Å². The van der Waals surface area contributed by atoms with E-state index in [4.69, 9.17) is 4.74 Å². The van der Waals surface area contributed by atoms with Crippen LogP contribution in [0.5, 0.6) is 5.75 Å². The predicted molar refractivity (Wildman–Crippen MR) is 76.1 cm³/mol. The van der Waals surface area contributed by atoms with E-state index in [-0.39, 0.29) is 11.3 Å². The van der Waals surface area contributed by atoms with Crippen molar-refractivity contribution in [2.24, 2.45) is 0 Å². The highest BCUT2D eigenvalue weighted by molar-refractivity contribution is 9.10. The zero-order chi connectivity index (χ0) is 13.8. The van der Waals surface area contributed by atoms with Crippen molar-refractivity contribution in [3.8, 4) is 5.75 Å². The van der Waals surface area contributed by atoms with Crippen molar-refractivity contribution < 1.29 is 13.9 Å². The molecule has 1 aromatic carbocycles. The normalized spacial score (nSPS) is 10.3. The molecular formula is C13H11BrFNO2S. The summed E-state index contributed by atoms with van der Waals surface area (Å²) in [6.07, 6.45) is 0. The maximum atomic E-state index is 13.7. The van der Waals surface area contributed by atoms with E-state index in [2.05, 4.69) is 21.2 Å². The highest BCUT2D eigenvalue weighted by Crippen LogP contribution is 2.24. The number of carbonyl (C=O) groups is 1. The number of rotatable bonds is 4. The maximum Gasteiger partial charge on any atom is 0.258 e. The van der Waals surface area contributed by atoms with Crippen LogP contribution in [0.25, 0.3) is 0 Å². The average Bonchev–Trinajstić information content (AvgIpc) is 2.81. The Hall–Kier alpha value is -1.40. The highest BCUT2D eigenvalue weighted by atomic mass is 79.9. The third-order valence-electron chi connectivity index (χ3n) is 2.52. The van der Waals surface area contributed by atoms with Crippen molar-refractivity contribution in [3.63, 3.8) is 0 Å². The zero-order valence-electron chi connectivity index (χ0n) is 10.1. The van der Waals surface area contributed by atoms with Gasteiger partial charge in [0.2, 0.25) is 0 Å². The summed E-state index contributed by atoms with van der Waals surface area (Å²) >= 11 is 4.89. The first-order valence-corrected chi connectivity index (χ1v) is 7.13. The molecule has 3 nitrogen and oxygen atoms in total. The Morgan fingerprint density at radius 3 is 2.89 bits per heavy atom. The third-order valence-corrected chi connectivity index (χ3v) is 4.45. The van der Waals surface area contributed by atoms with Crippen LogP contribution in [0.3, 0.4) is 0 Å². The first kappa shape index (κ1) is 14.0. The van der Waals surface area contributed by atoms with Crippen LogP contribution < -0.4 is 10.1 Å². The number of thiophene rings is 1. The van der Waals surface area contributed by atoms with Gasteiger partial charge < -0.3 is 10.1 Å². The van der Waals surface area contributed by atoms with Gasteiger partial charge in [-0.15, -0.1) is 11.3 Å². The topological polar surface area (TPSA) is 38.3 Å². The first-order valence-electron chi connectivity index (χ1n) is 5.46. The lowest BCUT2D eigenvalue weighted by atomic mass is 10.1. The lowest BCUT2D eigenvalue weighted by molar-refractivity contribution is 0.0944. The van der Waals surface area contributed by atoms with Crippen molar-refractivity contribution in [2.75, 3.05) is 7.11 Å². The van der Waals surface area contributed by atoms with E-state index in [1.807, 2.05) is 11.4 Å². The number of methoxy groups -OCH3 is 1. The summed E-state index contributed by atoms with van der Waals surface area (Å²) in [5.74, 6) is -0.861. The summed E-state index contributed by atoms with van der Waals surface area (Å²) in [5, 5.41) is 4.59. The van der Waals surface area contributed by atoms with Gasteiger partial charge in [-0.05, 0) is 39.5 Å². The molecule has 0 aliphatic rings. The largest absolute Gasteiger partial charge is 0.496 e. The van der Waals surface area contributed by atoms with Crippen LogP contribution in [0.2, 0.25) is 0 Å². The minimum absolute atomic E-state index is 0.0716. The van der Waals surface area contributed by atoms with E-state index in [9.17, 15) is 9.18 Å². The van der Waals surface area contributed by atoms with Gasteiger partial charge in [-0.1, -0.05) is 6.07 Å². The molecule has 1 aromatic heterocycles. The van der Waals surface area contributed by atoms with E-state index in [0.29, 0.717) is 6.54 Å². The Labute approximate surface area is 122 Å². The standard InChI is InChI=1S/C13H11BrFNO2S/c1-18-10-4-2-3-9(15)12(10)13(17)16-7-11-8(14)5-6-19-11/h2-6H,7H2,1H3,(H,16,17). The van der Waals surface area contributed by atoms with Crippen LogP contribution >= 0.6 is 27.3 Å². The average molecular weight is 344 g/mol. The second-order valence-corrected chi connectivity index (χ2v) is 5.55. The molecule has 0 aliphatic carbocycles. The van der Waals surface area contributed by atoms with E-state index in [0.717, 1.165) is 9.35 Å². The van der Waals surface area contributed by atoms with Crippen molar-refractivity contribution in [2.45, 2.75) is 6.54 Å². The van der Waals surface area contributed by atoms with Crippen LogP contribution in [-0.2, 0) is 6.54 Å². The molecule has 1 heterocycles. The summed E-state index contributed by atoms with van der Waals surface area (Å²) in [6.45, 7) is 0.342. The molecule has 1 N–H and O–H groups in total. The molecule has 1 amide bonds. The molecule has 0 saturated carbocycles. The summed E-state index contributed by atoms with van der Waals surface area (Å²) in [5.41, 5.74) is -0.0716. The van der Waals surface area contributed by atoms with Gasteiger partial charge in [-0.25, -0.2) is 4.39 Å². The Bertz CT molecular complexity index is 600. The number of hydrogen-bond acceptors (Lipinski definition) is 3. The van der Waals surface area contributed by atoms with Gasteiger partial charge in [-0.2, -0.15) is 0 Å². The Balaban J connectivity index is 2.14. The van der Waals surface area contributed by atoms with Gasteiger partial charge in [0.05, 0.1) is 13.7 Å². The fraction of sp³-hybridized carbons (Fsp3) is 0.154. The summed E-state index contributed by atoms with van der Waals surface area (Å²) in [6, 6.07) is 6.19. The zero-order valence-corrected chi connectivity index (χ0v) is 12.5. The second kappa shape index (κ2) is 6.16. The van der Waals surface area contributed by atoms with Gasteiger partial charge in [0.1, 0.15) is 17.1 Å². The van der Waals surface area contributed by atoms with Gasteiger partial charge >= 0.3 is 0 Å². The van der Waals surface area contributed by atoms with Gasteiger partial charge in [0, 0.05) is 9.35 Å². The molecule has 0 radical (unpaired) electrons. The maximum absolute atomic E-state index is 13.7. The van der Waals surface area contributed by atoms with Gasteiger partial charge in [0.15, 0.2) is 0 Å². The lowest BCUT2D eigenvalue weighted by Crippen LogP contribution is -2.24. The van der Waals surface area contributed by atoms with Crippen LogP contribution in [0, 0.1) is 5.82 Å². The predicted octanol–water partition coefficient (Wildman–Crippen LogP) is 3.59. The molecule has 100 valence electrons. The number of carbonyl (C=O) groups excluding carboxylic acids is 1. The van der Waals surface area contributed by atoms with Gasteiger partial charge in [-0.3, -0.25) is 4.79 Å². The molecule has 0 bridgehead atoms. The monoisotopic (exact) mass is 343 g/mol. The first-order chi connectivity index (χ1) is 9.13. The van der Waals surface area contributed by atoms with Crippen molar-refractivity contribution in [3.05, 3.63) is 50.4 Å². The number of halogens is 2. The molecule has 0 spiro atoms. The number of hydrogen-bond donors (Lipinski definition) is 1. The smallest absolute Gasteiger partial charge is 0.258 e. The number of nitrogens with one attached hydrogen (secondary N) is 1. The minimum Gasteiger partial charge on any atom is -0.496 e. The van der Waals surface area contributed by atoms with E-state index in [1.54, 1.807) is 6.07 Å². The molecule has 19 heavy (non-hydrogen) atoms. The number of benzene rings is 1. The number of ether oxygens (including phenoxy) is 1. The Morgan fingerprint density at radius 2 is 2.26 bits per heavy atom. The second-order valence-electron chi connectivity index (χ2n) is 3.69. The van der Waals surface area contributed by atoms with Crippen molar-refractivity contribution in [1.29, 1.82) is 0 Å². The summed E-state index contributed by atoms with van der Waals surface area (Å²) in [7, 11) is 1.40. The van der Waals surface area contributed by atoms with Crippen LogP contribution in [0.4, 0.5) is 4.39 Å². The van der Waals surface area contributed by atoms with E-state index in [1.165, 1.54) is 30.6 Å². The minimum atomic E-state index is -0.595. The lowest BCUT2D eigenvalue weighted by Gasteiger charge is -2.09. The Kier molecular flexibility index (Phi) is 4.55. The molecule has 2 rings (SSSR count). The molecule has 0 unspecified atom stereocenters. The highest BCUT2D eigenvalue weighted by Gasteiger charge is 2.17. The van der Waals surface area contributed by atoms with E-state index < -0.39 is 11.7 Å². The fourth-order valence-electron chi connectivity index (χ4n) is 1.59. The summed E-state index contributed by atoms with van der Waals surface area (Å²) in [4.78, 5) is 13.0. The van der Waals surface area contributed by atoms with Crippen LogP contribution in [-0.4, -0.2) is 13.0 Å². The molecule has 0 aliphatic heterocycles. The van der Waals surface area contributed by atoms with Crippen LogP contribution in [0.15, 0.2) is 34.1 Å². The molecule has 2 aromatic rings. The fourth-order valence-corrected chi connectivity index (χ4v) is 3.03. The van der Waals surface area contributed by atoms with Crippen LogP contribution in [0.1, 0.15) is 15.2 Å². The summed E-state index contributed by atoms with van der Waals surface area (Å²) < 4.78 is 19.6. The quantitative estimate of drug-likeness (QED) is 0.921. The number of amides is 1. The molecule has 0 atom stereocenters. The Morgan fingerprint density at radius 1 is 1.47 bits per heavy atom. The van der Waals surface area contributed by atoms with E-state index >= 15 is 0 Å². The molecule has 0 fully saturated rings. The third kappa shape index (κ3) is 3.13. The van der Waals surface area contributed by atoms with Crippen molar-refractivity contribution >= 4 is 33.2 Å². The SMILES string of the molecule is COc1cccc(F)c1C(=O)NCc1sccc1Br. The molecule has 6 heteroatoms.